The Morgan fingerprint density at radius 2 is 1.82 bits per heavy atom. The van der Waals surface area contributed by atoms with Crippen LogP contribution < -0.4 is 11.1 Å². The topological polar surface area (TPSA) is 38.0 Å². The van der Waals surface area contributed by atoms with E-state index in [0.29, 0.717) is 5.92 Å². The van der Waals surface area contributed by atoms with E-state index >= 15 is 0 Å². The van der Waals surface area contributed by atoms with Crippen molar-refractivity contribution in [3.8, 4) is 0 Å². The zero-order valence-electron chi connectivity index (χ0n) is 10.7. The summed E-state index contributed by atoms with van der Waals surface area (Å²) in [7, 11) is 0. The second kappa shape index (κ2) is 6.39. The molecule has 1 aliphatic heterocycles. The molecule has 0 spiro atoms. The average Bonchev–Trinajstić information content (AvgIpc) is 2.33. The molecule has 0 aliphatic carbocycles. The van der Waals surface area contributed by atoms with Gasteiger partial charge in [0.15, 0.2) is 0 Å². The Balaban J connectivity index is 0.00000144. The molecule has 1 heterocycles. The van der Waals surface area contributed by atoms with Crippen molar-refractivity contribution in [3.63, 3.8) is 0 Å². The lowest BCUT2D eigenvalue weighted by Gasteiger charge is -2.28. The molecule has 17 heavy (non-hydrogen) atoms. The van der Waals surface area contributed by atoms with E-state index < -0.39 is 0 Å². The first kappa shape index (κ1) is 14.5. The third-order valence-corrected chi connectivity index (χ3v) is 3.81. The second-order valence-corrected chi connectivity index (χ2v) is 4.96. The van der Waals surface area contributed by atoms with Gasteiger partial charge in [-0.25, -0.2) is 0 Å². The van der Waals surface area contributed by atoms with Gasteiger partial charge in [-0.05, 0) is 62.4 Å². The number of benzene rings is 1. The molecule has 1 atom stereocenters. The molecule has 0 saturated carbocycles. The third kappa shape index (κ3) is 3.44. The minimum atomic E-state index is 0. The maximum Gasteiger partial charge on any atom is 0.0324 e. The lowest BCUT2D eigenvalue weighted by molar-refractivity contribution is 0.322. The summed E-state index contributed by atoms with van der Waals surface area (Å²) in [6.45, 7) is 6.54. The lowest BCUT2D eigenvalue weighted by atomic mass is 9.86. The number of hydrogen-bond donors (Lipinski definition) is 2. The van der Waals surface area contributed by atoms with Gasteiger partial charge in [0.05, 0.1) is 0 Å². The summed E-state index contributed by atoms with van der Waals surface area (Å²) in [5.74, 6) is 0.642. The smallest absolute Gasteiger partial charge is 0.0324 e. The van der Waals surface area contributed by atoms with Gasteiger partial charge in [-0.3, -0.25) is 0 Å². The van der Waals surface area contributed by atoms with Crippen LogP contribution in [0.25, 0.3) is 0 Å². The fourth-order valence-corrected chi connectivity index (χ4v) is 2.45. The quantitative estimate of drug-likeness (QED) is 0.852. The molecule has 2 rings (SSSR count). The van der Waals surface area contributed by atoms with E-state index in [1.54, 1.807) is 0 Å². The largest absolute Gasteiger partial charge is 0.324 e. The third-order valence-electron chi connectivity index (χ3n) is 3.81. The standard InChI is InChI=1S/C14H22N2.ClH/c1-10-3-4-13(9-11(10)2)14(15)12-5-7-16-8-6-12;/h3-4,9,12,14,16H,5-8,15H2,1-2H3;1H/t14-;/m1./s1. The van der Waals surface area contributed by atoms with Crippen LogP contribution in [-0.2, 0) is 0 Å². The van der Waals surface area contributed by atoms with Crippen molar-refractivity contribution in [2.75, 3.05) is 13.1 Å². The second-order valence-electron chi connectivity index (χ2n) is 4.96. The number of nitrogens with one attached hydrogen (secondary N) is 1. The molecule has 0 unspecified atom stereocenters. The molecule has 1 aliphatic rings. The van der Waals surface area contributed by atoms with Gasteiger partial charge in [0, 0.05) is 6.04 Å². The van der Waals surface area contributed by atoms with E-state index in [9.17, 15) is 0 Å². The van der Waals surface area contributed by atoms with Crippen LogP contribution in [0.5, 0.6) is 0 Å². The summed E-state index contributed by atoms with van der Waals surface area (Å²) in [4.78, 5) is 0. The first-order chi connectivity index (χ1) is 7.68. The molecule has 1 aromatic carbocycles. The zero-order chi connectivity index (χ0) is 11.5. The first-order valence-electron chi connectivity index (χ1n) is 6.22. The summed E-state index contributed by atoms with van der Waals surface area (Å²) in [6.07, 6.45) is 2.40. The Morgan fingerprint density at radius 3 is 2.41 bits per heavy atom. The monoisotopic (exact) mass is 254 g/mol. The zero-order valence-corrected chi connectivity index (χ0v) is 11.5. The highest BCUT2D eigenvalue weighted by Crippen LogP contribution is 2.27. The van der Waals surface area contributed by atoms with Crippen LogP contribution in [-0.4, -0.2) is 13.1 Å². The number of hydrogen-bond acceptors (Lipinski definition) is 2. The Morgan fingerprint density at radius 1 is 1.18 bits per heavy atom. The highest BCUT2D eigenvalue weighted by atomic mass is 35.5. The highest BCUT2D eigenvalue weighted by Gasteiger charge is 2.21. The van der Waals surface area contributed by atoms with Gasteiger partial charge in [-0.15, -0.1) is 12.4 Å². The normalized spacial score (nSPS) is 18.5. The van der Waals surface area contributed by atoms with Gasteiger partial charge in [0.1, 0.15) is 0 Å². The van der Waals surface area contributed by atoms with Crippen molar-refractivity contribution in [1.29, 1.82) is 0 Å². The van der Waals surface area contributed by atoms with Gasteiger partial charge < -0.3 is 11.1 Å². The Hall–Kier alpha value is -0.570. The van der Waals surface area contributed by atoms with Crippen molar-refractivity contribution in [2.24, 2.45) is 11.7 Å². The number of halogens is 1. The van der Waals surface area contributed by atoms with E-state index in [4.69, 9.17) is 5.73 Å². The molecular weight excluding hydrogens is 232 g/mol. The summed E-state index contributed by atoms with van der Waals surface area (Å²) in [5, 5.41) is 3.39. The molecule has 1 aromatic rings. The van der Waals surface area contributed by atoms with Crippen molar-refractivity contribution >= 4 is 12.4 Å². The van der Waals surface area contributed by atoms with E-state index in [2.05, 4.69) is 37.4 Å². The first-order valence-corrected chi connectivity index (χ1v) is 6.22. The lowest BCUT2D eigenvalue weighted by Crippen LogP contribution is -2.33. The highest BCUT2D eigenvalue weighted by molar-refractivity contribution is 5.85. The summed E-state index contributed by atoms with van der Waals surface area (Å²) in [6, 6.07) is 6.84. The fourth-order valence-electron chi connectivity index (χ4n) is 2.45. The molecule has 3 N–H and O–H groups in total. The van der Waals surface area contributed by atoms with Gasteiger partial charge in [-0.2, -0.15) is 0 Å². The van der Waals surface area contributed by atoms with Gasteiger partial charge in [0.25, 0.3) is 0 Å². The summed E-state index contributed by atoms with van der Waals surface area (Å²) >= 11 is 0. The van der Waals surface area contributed by atoms with Gasteiger partial charge in [-0.1, -0.05) is 18.2 Å². The number of aryl methyl sites for hydroxylation is 2. The minimum Gasteiger partial charge on any atom is -0.324 e. The van der Waals surface area contributed by atoms with E-state index in [1.165, 1.54) is 29.5 Å². The van der Waals surface area contributed by atoms with Crippen LogP contribution >= 0.6 is 12.4 Å². The molecule has 1 fully saturated rings. The SMILES string of the molecule is Cc1ccc([C@H](N)C2CCNCC2)cc1C.Cl. The van der Waals surface area contributed by atoms with Crippen molar-refractivity contribution in [3.05, 3.63) is 34.9 Å². The molecule has 0 bridgehead atoms. The van der Waals surface area contributed by atoms with Crippen molar-refractivity contribution < 1.29 is 0 Å². The van der Waals surface area contributed by atoms with Crippen LogP contribution in [0.1, 0.15) is 35.6 Å². The molecule has 0 amide bonds. The van der Waals surface area contributed by atoms with Crippen LogP contribution in [0.4, 0.5) is 0 Å². The molecular formula is C14H23ClN2. The van der Waals surface area contributed by atoms with Gasteiger partial charge >= 0.3 is 0 Å². The number of rotatable bonds is 2. The molecule has 0 radical (unpaired) electrons. The van der Waals surface area contributed by atoms with Crippen LogP contribution in [0.2, 0.25) is 0 Å². The molecule has 3 heteroatoms. The number of nitrogens with two attached hydrogens (primary N) is 1. The van der Waals surface area contributed by atoms with E-state index in [1.807, 2.05) is 0 Å². The molecule has 1 saturated heterocycles. The fraction of sp³-hybridized carbons (Fsp3) is 0.571. The summed E-state index contributed by atoms with van der Waals surface area (Å²) < 4.78 is 0. The average molecular weight is 255 g/mol. The maximum atomic E-state index is 6.36. The Labute approximate surface area is 110 Å². The predicted molar refractivity (Wildman–Crippen MR) is 75.7 cm³/mol. The predicted octanol–water partition coefficient (Wildman–Crippen LogP) is 2.72. The van der Waals surface area contributed by atoms with Gasteiger partial charge in [0.2, 0.25) is 0 Å². The molecule has 2 nitrogen and oxygen atoms in total. The van der Waals surface area contributed by atoms with E-state index in [-0.39, 0.29) is 18.4 Å². The van der Waals surface area contributed by atoms with Crippen molar-refractivity contribution in [1.82, 2.24) is 5.32 Å². The van der Waals surface area contributed by atoms with Crippen LogP contribution in [0.15, 0.2) is 18.2 Å². The molecule has 96 valence electrons. The van der Waals surface area contributed by atoms with E-state index in [0.717, 1.165) is 13.1 Å². The number of piperidine rings is 1. The maximum absolute atomic E-state index is 6.36. The van der Waals surface area contributed by atoms with Crippen molar-refractivity contribution in [2.45, 2.75) is 32.7 Å². The Bertz CT molecular complexity index is 359. The van der Waals surface area contributed by atoms with Crippen LogP contribution in [0.3, 0.4) is 0 Å². The molecule has 0 aromatic heterocycles. The van der Waals surface area contributed by atoms with Crippen LogP contribution in [0, 0.1) is 19.8 Å². The minimum absolute atomic E-state index is 0. The summed E-state index contributed by atoms with van der Waals surface area (Å²) in [5.41, 5.74) is 10.4. The Kier molecular flexibility index (Phi) is 5.44.